The highest BCUT2D eigenvalue weighted by atomic mass is 79.9. The minimum Gasteiger partial charge on any atom is -0.508 e. The molecular weight excluding hydrogens is 306 g/mol. The van der Waals surface area contributed by atoms with E-state index in [1.807, 2.05) is 6.07 Å². The van der Waals surface area contributed by atoms with E-state index in [1.165, 1.54) is 0 Å². The third kappa shape index (κ3) is 5.64. The van der Waals surface area contributed by atoms with Gasteiger partial charge >= 0.3 is 0 Å². The summed E-state index contributed by atoms with van der Waals surface area (Å²) in [7, 11) is 0. The quantitative estimate of drug-likeness (QED) is 0.815. The van der Waals surface area contributed by atoms with Gasteiger partial charge < -0.3 is 10.4 Å². The van der Waals surface area contributed by atoms with Crippen LogP contribution in [0.2, 0.25) is 0 Å². The number of hydrogen-bond donors (Lipinski definition) is 2. The molecule has 1 aromatic carbocycles. The standard InChI is InChI=1S/C15H22BrNO2/c1-15(2,3)13(7-8-16)17-14(19)10-11-5-4-6-12(18)9-11/h4-6,9,13,18H,7-8,10H2,1-3H3,(H,17,19). The SMILES string of the molecule is CC(C)(C)C(CCBr)NC(=O)Cc1cccc(O)c1. The van der Waals surface area contributed by atoms with E-state index in [0.717, 1.165) is 17.3 Å². The van der Waals surface area contributed by atoms with Gasteiger partial charge in [-0.15, -0.1) is 0 Å². The number of alkyl halides is 1. The minimum atomic E-state index is -0.00789. The van der Waals surface area contributed by atoms with Crippen LogP contribution in [-0.4, -0.2) is 22.4 Å². The highest BCUT2D eigenvalue weighted by Gasteiger charge is 2.25. The number of amides is 1. The van der Waals surface area contributed by atoms with Crippen LogP contribution in [0.1, 0.15) is 32.8 Å². The number of phenolic OH excluding ortho intramolecular Hbond substituents is 1. The number of benzene rings is 1. The Morgan fingerprint density at radius 3 is 2.63 bits per heavy atom. The molecule has 0 bridgehead atoms. The Hall–Kier alpha value is -1.03. The molecule has 106 valence electrons. The first-order chi connectivity index (χ1) is 8.82. The van der Waals surface area contributed by atoms with Gasteiger partial charge in [0, 0.05) is 11.4 Å². The van der Waals surface area contributed by atoms with Crippen molar-refractivity contribution < 1.29 is 9.90 Å². The zero-order chi connectivity index (χ0) is 14.5. The molecular formula is C15H22BrNO2. The fraction of sp³-hybridized carbons (Fsp3) is 0.533. The lowest BCUT2D eigenvalue weighted by Gasteiger charge is -2.31. The van der Waals surface area contributed by atoms with Gasteiger partial charge in [-0.05, 0) is 29.5 Å². The molecule has 1 amide bonds. The van der Waals surface area contributed by atoms with E-state index >= 15 is 0 Å². The number of rotatable bonds is 5. The van der Waals surface area contributed by atoms with Crippen molar-refractivity contribution in [1.29, 1.82) is 0 Å². The smallest absolute Gasteiger partial charge is 0.224 e. The van der Waals surface area contributed by atoms with Gasteiger partial charge in [0.05, 0.1) is 6.42 Å². The third-order valence-electron chi connectivity index (χ3n) is 3.05. The molecule has 1 rings (SSSR count). The highest BCUT2D eigenvalue weighted by Crippen LogP contribution is 2.22. The van der Waals surface area contributed by atoms with Gasteiger partial charge in [0.15, 0.2) is 0 Å². The van der Waals surface area contributed by atoms with Crippen LogP contribution in [0.4, 0.5) is 0 Å². The Morgan fingerprint density at radius 2 is 2.11 bits per heavy atom. The summed E-state index contributed by atoms with van der Waals surface area (Å²) in [5.74, 6) is 0.185. The molecule has 4 heteroatoms. The first kappa shape index (κ1) is 16.0. The normalized spacial score (nSPS) is 13.1. The van der Waals surface area contributed by atoms with Crippen LogP contribution in [0.15, 0.2) is 24.3 Å². The molecule has 0 aliphatic rings. The van der Waals surface area contributed by atoms with Crippen LogP contribution >= 0.6 is 15.9 Å². The monoisotopic (exact) mass is 327 g/mol. The van der Waals surface area contributed by atoms with Gasteiger partial charge in [-0.3, -0.25) is 4.79 Å². The summed E-state index contributed by atoms with van der Waals surface area (Å²) in [6.45, 7) is 6.36. The van der Waals surface area contributed by atoms with E-state index in [2.05, 4.69) is 42.0 Å². The largest absolute Gasteiger partial charge is 0.508 e. The lowest BCUT2D eigenvalue weighted by Crippen LogP contribution is -2.44. The van der Waals surface area contributed by atoms with Crippen molar-refractivity contribution in [3.8, 4) is 5.75 Å². The van der Waals surface area contributed by atoms with Gasteiger partial charge in [-0.25, -0.2) is 0 Å². The average Bonchev–Trinajstić information content (AvgIpc) is 2.27. The van der Waals surface area contributed by atoms with Crippen LogP contribution in [0.5, 0.6) is 5.75 Å². The average molecular weight is 328 g/mol. The number of carbonyl (C=O) groups excluding carboxylic acids is 1. The number of phenols is 1. The van der Waals surface area contributed by atoms with Crippen molar-refractivity contribution >= 4 is 21.8 Å². The second-order valence-corrected chi connectivity index (χ2v) is 6.60. The van der Waals surface area contributed by atoms with Crippen molar-refractivity contribution in [1.82, 2.24) is 5.32 Å². The van der Waals surface area contributed by atoms with Crippen molar-refractivity contribution in [2.24, 2.45) is 5.41 Å². The maximum Gasteiger partial charge on any atom is 0.224 e. The molecule has 1 aromatic rings. The van der Waals surface area contributed by atoms with E-state index < -0.39 is 0 Å². The summed E-state index contributed by atoms with van der Waals surface area (Å²) < 4.78 is 0. The molecule has 0 saturated carbocycles. The molecule has 1 unspecified atom stereocenters. The summed E-state index contributed by atoms with van der Waals surface area (Å²) in [6.07, 6.45) is 1.19. The Balaban J connectivity index is 2.63. The number of carbonyl (C=O) groups is 1. The summed E-state index contributed by atoms with van der Waals surface area (Å²) in [4.78, 5) is 12.0. The van der Waals surface area contributed by atoms with Crippen LogP contribution in [0.3, 0.4) is 0 Å². The van der Waals surface area contributed by atoms with Crippen LogP contribution in [0.25, 0.3) is 0 Å². The maximum atomic E-state index is 12.0. The maximum absolute atomic E-state index is 12.0. The molecule has 0 saturated heterocycles. The third-order valence-corrected chi connectivity index (χ3v) is 3.51. The number of hydrogen-bond acceptors (Lipinski definition) is 2. The zero-order valence-corrected chi connectivity index (χ0v) is 13.3. The van der Waals surface area contributed by atoms with Gasteiger partial charge in [0.25, 0.3) is 0 Å². The first-order valence-electron chi connectivity index (χ1n) is 6.46. The van der Waals surface area contributed by atoms with Crippen molar-refractivity contribution in [2.45, 2.75) is 39.7 Å². The van der Waals surface area contributed by atoms with Crippen molar-refractivity contribution in [2.75, 3.05) is 5.33 Å². The van der Waals surface area contributed by atoms with Crippen LogP contribution in [-0.2, 0) is 11.2 Å². The Morgan fingerprint density at radius 1 is 1.42 bits per heavy atom. The fourth-order valence-electron chi connectivity index (χ4n) is 1.93. The molecule has 3 nitrogen and oxygen atoms in total. The zero-order valence-electron chi connectivity index (χ0n) is 11.7. The predicted molar refractivity (Wildman–Crippen MR) is 81.6 cm³/mol. The lowest BCUT2D eigenvalue weighted by molar-refractivity contribution is -0.121. The van der Waals surface area contributed by atoms with E-state index in [4.69, 9.17) is 0 Å². The first-order valence-corrected chi connectivity index (χ1v) is 7.58. The summed E-state index contributed by atoms with van der Waals surface area (Å²) in [6, 6.07) is 6.95. The molecule has 0 fully saturated rings. The number of nitrogens with one attached hydrogen (secondary N) is 1. The van der Waals surface area contributed by atoms with Gasteiger partial charge in [-0.1, -0.05) is 48.8 Å². The summed E-state index contributed by atoms with van der Waals surface area (Å²) >= 11 is 3.42. The molecule has 0 aliphatic heterocycles. The molecule has 0 spiro atoms. The van der Waals surface area contributed by atoms with E-state index in [-0.39, 0.29) is 23.1 Å². The van der Waals surface area contributed by atoms with Gasteiger partial charge in [0.2, 0.25) is 5.91 Å². The molecule has 19 heavy (non-hydrogen) atoms. The van der Waals surface area contributed by atoms with Crippen LogP contribution in [0, 0.1) is 5.41 Å². The lowest BCUT2D eigenvalue weighted by atomic mass is 9.85. The van der Waals surface area contributed by atoms with Crippen molar-refractivity contribution in [3.05, 3.63) is 29.8 Å². The molecule has 0 aliphatic carbocycles. The van der Waals surface area contributed by atoms with Crippen molar-refractivity contribution in [3.63, 3.8) is 0 Å². The van der Waals surface area contributed by atoms with E-state index in [0.29, 0.717) is 6.42 Å². The van der Waals surface area contributed by atoms with E-state index in [1.54, 1.807) is 18.2 Å². The highest BCUT2D eigenvalue weighted by molar-refractivity contribution is 9.09. The molecule has 0 heterocycles. The number of aromatic hydroxyl groups is 1. The van der Waals surface area contributed by atoms with Gasteiger partial charge in [0.1, 0.15) is 5.75 Å². The summed E-state index contributed by atoms with van der Waals surface area (Å²) in [5, 5.41) is 13.3. The molecule has 1 atom stereocenters. The van der Waals surface area contributed by atoms with Gasteiger partial charge in [-0.2, -0.15) is 0 Å². The van der Waals surface area contributed by atoms with E-state index in [9.17, 15) is 9.90 Å². The Labute approximate surface area is 123 Å². The Kier molecular flexibility index (Phi) is 5.85. The predicted octanol–water partition coefficient (Wildman–Crippen LogP) is 3.25. The summed E-state index contributed by atoms with van der Waals surface area (Å²) in [5.41, 5.74) is 0.853. The molecule has 2 N–H and O–H groups in total. The second-order valence-electron chi connectivity index (χ2n) is 5.81. The van der Waals surface area contributed by atoms with Crippen LogP contribution < -0.4 is 5.32 Å². The Bertz CT molecular complexity index is 426. The number of halogens is 1. The second kappa shape index (κ2) is 6.94. The molecule has 0 radical (unpaired) electrons. The topological polar surface area (TPSA) is 49.3 Å². The fourth-order valence-corrected chi connectivity index (χ4v) is 2.39. The minimum absolute atomic E-state index is 0.00789. The molecule has 0 aromatic heterocycles.